The maximum atomic E-state index is 2.46. The second kappa shape index (κ2) is 26.3. The number of fused-ring (bicyclic) bond motifs is 8. The molecule has 0 aliphatic heterocycles. The zero-order valence-electron chi connectivity index (χ0n) is 56.9. The van der Waals surface area contributed by atoms with Crippen LogP contribution in [-0.4, -0.2) is 9.13 Å². The lowest BCUT2D eigenvalue weighted by Gasteiger charge is -2.29. The van der Waals surface area contributed by atoms with Gasteiger partial charge in [0.05, 0.1) is 22.1 Å². The minimum absolute atomic E-state index is 1.03. The molecule has 0 aliphatic carbocycles. The van der Waals surface area contributed by atoms with E-state index in [2.05, 4.69) is 441 Å². The highest BCUT2D eigenvalue weighted by molar-refractivity contribution is 6.23. The summed E-state index contributed by atoms with van der Waals surface area (Å²) in [6.07, 6.45) is 0. The van der Waals surface area contributed by atoms with Crippen molar-refractivity contribution in [1.82, 2.24) is 9.13 Å². The number of benzene rings is 17. The largest absolute Gasteiger partial charge is 0.311 e. The first-order valence-corrected chi connectivity index (χ1v) is 35.6. The Morgan fingerprint density at radius 2 is 0.365 bits per heavy atom. The van der Waals surface area contributed by atoms with E-state index in [0.717, 1.165) is 145 Å². The number of aromatic nitrogens is 2. The van der Waals surface area contributed by atoms with Gasteiger partial charge in [-0.1, -0.05) is 218 Å². The summed E-state index contributed by atoms with van der Waals surface area (Å²) < 4.78 is 4.78. The highest BCUT2D eigenvalue weighted by atomic mass is 15.2. The van der Waals surface area contributed by atoms with Crippen molar-refractivity contribution in [3.63, 3.8) is 0 Å². The topological polar surface area (TPSA) is 22.8 Å². The van der Waals surface area contributed by atoms with Gasteiger partial charge in [0.25, 0.3) is 0 Å². The molecule has 6 heteroatoms. The van der Waals surface area contributed by atoms with Gasteiger partial charge in [-0.05, 0) is 238 Å². The molecule has 0 saturated carbocycles. The maximum absolute atomic E-state index is 2.46. The van der Waals surface area contributed by atoms with Crippen molar-refractivity contribution in [1.29, 1.82) is 0 Å². The Hall–Kier alpha value is -13.9. The highest BCUT2D eigenvalue weighted by Gasteiger charge is 2.26. The highest BCUT2D eigenvalue weighted by Crippen LogP contribution is 2.51. The Labute approximate surface area is 604 Å². The van der Waals surface area contributed by atoms with Gasteiger partial charge in [-0.3, -0.25) is 0 Å². The van der Waals surface area contributed by atoms with Crippen LogP contribution in [0.4, 0.5) is 68.2 Å². The molecule has 490 valence electrons. The van der Waals surface area contributed by atoms with Crippen molar-refractivity contribution in [2.45, 2.75) is 0 Å². The van der Waals surface area contributed by atoms with Gasteiger partial charge in [-0.2, -0.15) is 0 Å². The van der Waals surface area contributed by atoms with Gasteiger partial charge in [-0.15, -0.1) is 0 Å². The third-order valence-corrected chi connectivity index (χ3v) is 20.4. The molecule has 0 amide bonds. The number of para-hydroxylation sites is 10. The van der Waals surface area contributed by atoms with Crippen molar-refractivity contribution in [3.05, 3.63) is 413 Å². The Morgan fingerprint density at radius 3 is 0.673 bits per heavy atom. The van der Waals surface area contributed by atoms with Crippen LogP contribution in [0.1, 0.15) is 0 Å². The van der Waals surface area contributed by atoms with Crippen LogP contribution in [0.3, 0.4) is 0 Å². The number of hydrogen-bond acceptors (Lipinski definition) is 4. The van der Waals surface area contributed by atoms with Crippen LogP contribution in [0.15, 0.2) is 413 Å². The zero-order chi connectivity index (χ0) is 68.9. The molecule has 0 bridgehead atoms. The van der Waals surface area contributed by atoms with Gasteiger partial charge in [0.2, 0.25) is 0 Å². The summed E-state index contributed by atoms with van der Waals surface area (Å²) in [5.74, 6) is 0. The minimum atomic E-state index is 1.03. The van der Waals surface area contributed by atoms with Gasteiger partial charge >= 0.3 is 0 Å². The average Bonchev–Trinajstić information content (AvgIpc) is 1.22. The Bertz CT molecular complexity index is 5840. The average molecular weight is 1330 g/mol. The standard InChI is InChI=1S/C98H68N6/c1-9-29-71(30-10-1)99(72-31-11-2-12-32-72)79-53-49-69(50-54-79)97-87-61-57-82(102(76-39-19-6-20-40-76)84-60-64-96-90(66-84)86-46-26-28-48-94(86)104(96)78-43-23-8-24-44-78)68-92(87)98(70-51-55-80(56-52-70)100(73-33-13-3-14-34-73)74-35-15-4-16-36-74)88-62-58-81(67-91(88)97)101(75-37-17-5-18-38-75)83-59-63-95-89(65-83)85-45-25-27-47-93(85)103(95)77-41-21-7-22-42-77/h1-68H. The van der Waals surface area contributed by atoms with E-state index in [4.69, 9.17) is 0 Å². The van der Waals surface area contributed by atoms with Crippen LogP contribution in [0.25, 0.3) is 98.8 Å². The maximum Gasteiger partial charge on any atom is 0.0542 e. The second-order valence-corrected chi connectivity index (χ2v) is 26.4. The van der Waals surface area contributed by atoms with Gasteiger partial charge in [0, 0.05) is 101 Å². The first-order chi connectivity index (χ1) is 51.6. The summed E-state index contributed by atoms with van der Waals surface area (Å²) in [6, 6.07) is 150. The summed E-state index contributed by atoms with van der Waals surface area (Å²) >= 11 is 0. The summed E-state index contributed by atoms with van der Waals surface area (Å²) in [4.78, 5) is 9.56. The molecule has 17 aromatic carbocycles. The molecule has 0 N–H and O–H groups in total. The number of anilines is 12. The molecule has 0 radical (unpaired) electrons. The number of nitrogens with zero attached hydrogens (tertiary/aromatic N) is 6. The molecule has 6 nitrogen and oxygen atoms in total. The van der Waals surface area contributed by atoms with E-state index in [-0.39, 0.29) is 0 Å². The molecule has 2 aromatic heterocycles. The zero-order valence-corrected chi connectivity index (χ0v) is 56.9. The SMILES string of the molecule is c1ccc(N(c2ccccc2)c2ccc(-c3c4ccc(N(c5ccccc5)c5ccc6c(c5)c5ccccc5n6-c5ccccc5)cc4c(-c4ccc(N(c5ccccc5)c5ccccc5)cc4)c4ccc(N(c5ccccc5)c5ccc6c(c5)c5ccccc5n6-c5ccccc5)cc34)cc2)cc1. The van der Waals surface area contributed by atoms with Crippen LogP contribution in [0, 0.1) is 0 Å². The van der Waals surface area contributed by atoms with Crippen LogP contribution >= 0.6 is 0 Å². The van der Waals surface area contributed by atoms with Crippen molar-refractivity contribution in [3.8, 4) is 33.6 Å². The smallest absolute Gasteiger partial charge is 0.0542 e. The fraction of sp³-hybridized carbons (Fsp3) is 0. The van der Waals surface area contributed by atoms with E-state index < -0.39 is 0 Å². The first kappa shape index (κ1) is 61.2. The van der Waals surface area contributed by atoms with Crippen LogP contribution in [0.2, 0.25) is 0 Å². The van der Waals surface area contributed by atoms with Crippen molar-refractivity contribution in [2.24, 2.45) is 0 Å². The molecular formula is C98H68N6. The third-order valence-electron chi connectivity index (χ3n) is 20.4. The molecular weight excluding hydrogens is 1260 g/mol. The first-order valence-electron chi connectivity index (χ1n) is 35.6. The van der Waals surface area contributed by atoms with Crippen molar-refractivity contribution < 1.29 is 0 Å². The second-order valence-electron chi connectivity index (χ2n) is 26.4. The number of hydrogen-bond donors (Lipinski definition) is 0. The fourth-order valence-corrected chi connectivity index (χ4v) is 15.8. The van der Waals surface area contributed by atoms with Crippen molar-refractivity contribution >= 4 is 133 Å². The van der Waals surface area contributed by atoms with E-state index in [1.165, 1.54) is 21.5 Å². The summed E-state index contributed by atoms with van der Waals surface area (Å²) in [5, 5.41) is 9.24. The molecule has 2 heterocycles. The van der Waals surface area contributed by atoms with Crippen LogP contribution in [-0.2, 0) is 0 Å². The molecule has 19 aromatic rings. The monoisotopic (exact) mass is 1330 g/mol. The van der Waals surface area contributed by atoms with Gasteiger partial charge in [-0.25, -0.2) is 0 Å². The quantitative estimate of drug-likeness (QED) is 0.0900. The molecule has 0 atom stereocenters. The van der Waals surface area contributed by atoms with Gasteiger partial charge in [0.15, 0.2) is 0 Å². The van der Waals surface area contributed by atoms with E-state index in [0.29, 0.717) is 0 Å². The molecule has 0 aliphatic rings. The van der Waals surface area contributed by atoms with E-state index in [1.54, 1.807) is 0 Å². The predicted molar refractivity (Wildman–Crippen MR) is 440 cm³/mol. The lowest BCUT2D eigenvalue weighted by Crippen LogP contribution is -2.11. The summed E-state index contributed by atoms with van der Waals surface area (Å²) in [6.45, 7) is 0. The Morgan fingerprint density at radius 1 is 0.144 bits per heavy atom. The third kappa shape index (κ3) is 10.8. The molecule has 104 heavy (non-hydrogen) atoms. The Kier molecular flexibility index (Phi) is 15.5. The van der Waals surface area contributed by atoms with E-state index in [9.17, 15) is 0 Å². The van der Waals surface area contributed by atoms with Gasteiger partial charge in [0.1, 0.15) is 0 Å². The van der Waals surface area contributed by atoms with Gasteiger partial charge < -0.3 is 28.7 Å². The van der Waals surface area contributed by atoms with E-state index in [1.807, 2.05) is 0 Å². The molecule has 0 saturated heterocycles. The normalized spacial score (nSPS) is 11.5. The summed E-state index contributed by atoms with van der Waals surface area (Å²) in [7, 11) is 0. The predicted octanol–water partition coefficient (Wildman–Crippen LogP) is 27.4. The van der Waals surface area contributed by atoms with Crippen LogP contribution in [0.5, 0.6) is 0 Å². The lowest BCUT2D eigenvalue weighted by atomic mass is 9.85. The summed E-state index contributed by atoms with van der Waals surface area (Å²) in [5.41, 5.74) is 24.1. The number of rotatable bonds is 16. The molecule has 0 fully saturated rings. The fourth-order valence-electron chi connectivity index (χ4n) is 15.8. The lowest BCUT2D eigenvalue weighted by molar-refractivity contribution is 1.18. The minimum Gasteiger partial charge on any atom is -0.311 e. The molecule has 0 spiro atoms. The molecule has 0 unspecified atom stereocenters. The van der Waals surface area contributed by atoms with E-state index >= 15 is 0 Å². The Balaban J connectivity index is 0.875. The molecule has 19 rings (SSSR count). The van der Waals surface area contributed by atoms with Crippen molar-refractivity contribution in [2.75, 3.05) is 19.6 Å². The van der Waals surface area contributed by atoms with Crippen LogP contribution < -0.4 is 19.6 Å².